The lowest BCUT2D eigenvalue weighted by Gasteiger charge is -2.18. The Hall–Kier alpha value is -3.13. The third-order valence-corrected chi connectivity index (χ3v) is 6.74. The van der Waals surface area contributed by atoms with E-state index >= 15 is 0 Å². The van der Waals surface area contributed by atoms with Crippen molar-refractivity contribution in [3.63, 3.8) is 0 Å². The van der Waals surface area contributed by atoms with Crippen molar-refractivity contribution in [2.45, 2.75) is 58.4 Å². The number of alkyl halides is 3. The van der Waals surface area contributed by atoms with E-state index in [1.54, 1.807) is 13.8 Å². The molecule has 37 heavy (non-hydrogen) atoms. The van der Waals surface area contributed by atoms with E-state index in [0.29, 0.717) is 17.6 Å². The van der Waals surface area contributed by atoms with Crippen molar-refractivity contribution in [3.8, 4) is 17.0 Å². The van der Waals surface area contributed by atoms with Crippen molar-refractivity contribution < 1.29 is 32.1 Å². The maximum Gasteiger partial charge on any atom is 0.417 e. The summed E-state index contributed by atoms with van der Waals surface area (Å²) >= 11 is 0. The van der Waals surface area contributed by atoms with Crippen molar-refractivity contribution in [1.82, 2.24) is 4.98 Å². The van der Waals surface area contributed by atoms with E-state index in [2.05, 4.69) is 17.6 Å². The quantitative estimate of drug-likeness (QED) is 0.278. The van der Waals surface area contributed by atoms with Gasteiger partial charge in [0.05, 0.1) is 17.8 Å². The molecule has 0 aliphatic heterocycles. The first kappa shape index (κ1) is 26.9. The molecule has 0 radical (unpaired) electrons. The molecule has 1 N–H and O–H groups in total. The molecule has 0 saturated heterocycles. The highest BCUT2D eigenvalue weighted by Crippen LogP contribution is 2.57. The summed E-state index contributed by atoms with van der Waals surface area (Å²) in [6, 6.07) is 4.54. The number of pyridine rings is 1. The second-order valence-corrected chi connectivity index (χ2v) is 10.3. The minimum Gasteiger partial charge on any atom is -0.489 e. The van der Waals surface area contributed by atoms with Gasteiger partial charge in [-0.3, -0.25) is 0 Å². The molecule has 0 spiro atoms. The van der Waals surface area contributed by atoms with Crippen LogP contribution in [0.5, 0.6) is 5.88 Å². The lowest BCUT2D eigenvalue weighted by atomic mass is 9.99. The van der Waals surface area contributed by atoms with E-state index in [1.807, 2.05) is 13.0 Å². The molecule has 0 amide bonds. The summed E-state index contributed by atoms with van der Waals surface area (Å²) in [6.45, 7) is 8.90. The fourth-order valence-electron chi connectivity index (χ4n) is 4.68. The molecule has 4 nitrogen and oxygen atoms in total. The molecular weight excluding hydrogens is 486 g/mol. The molecule has 4 rings (SSSR count). The Balaban J connectivity index is 1.51. The summed E-state index contributed by atoms with van der Waals surface area (Å²) in [6.07, 6.45) is 2.75. The number of nitrogens with zero attached hydrogens (tertiary/aromatic N) is 1. The highest BCUT2D eigenvalue weighted by Gasteiger charge is 2.46. The van der Waals surface area contributed by atoms with Crippen molar-refractivity contribution in [2.24, 2.45) is 11.8 Å². The van der Waals surface area contributed by atoms with Gasteiger partial charge in [-0.05, 0) is 80.4 Å². The van der Waals surface area contributed by atoms with Crippen LogP contribution in [0.25, 0.3) is 11.1 Å². The molecule has 1 aromatic carbocycles. The van der Waals surface area contributed by atoms with Gasteiger partial charge in [-0.1, -0.05) is 18.7 Å². The molecule has 2 fully saturated rings. The van der Waals surface area contributed by atoms with E-state index in [0.717, 1.165) is 24.8 Å². The van der Waals surface area contributed by atoms with Crippen molar-refractivity contribution in [2.75, 3.05) is 6.61 Å². The van der Waals surface area contributed by atoms with Crippen LogP contribution in [0.2, 0.25) is 0 Å². The normalized spacial score (nSPS) is 21.3. The average molecular weight is 518 g/mol. The average Bonchev–Trinajstić information content (AvgIpc) is 3.48. The largest absolute Gasteiger partial charge is 0.489 e. The second kappa shape index (κ2) is 10.3. The Morgan fingerprint density at radius 3 is 2.68 bits per heavy atom. The van der Waals surface area contributed by atoms with Crippen LogP contribution < -0.4 is 4.74 Å². The third kappa shape index (κ3) is 6.60. The van der Waals surface area contributed by atoms with E-state index in [1.165, 1.54) is 29.7 Å². The SMILES string of the molecule is C=C(/C=C1/CC2CC2/C1=C/C)OCc1cc(-c2cnc(OCCC(C)(C)O)cc2C(F)(F)F)ccc1F. The lowest BCUT2D eigenvalue weighted by Crippen LogP contribution is -2.22. The Morgan fingerprint density at radius 1 is 1.24 bits per heavy atom. The monoisotopic (exact) mass is 517 g/mol. The molecule has 1 aromatic heterocycles. The maximum absolute atomic E-state index is 14.5. The number of fused-ring (bicyclic) bond motifs is 1. The highest BCUT2D eigenvalue weighted by atomic mass is 19.4. The first-order valence-electron chi connectivity index (χ1n) is 12.3. The molecule has 1 heterocycles. The molecule has 2 aromatic rings. The van der Waals surface area contributed by atoms with Crippen LogP contribution in [0.1, 0.15) is 51.2 Å². The number of ether oxygens (including phenoxy) is 2. The van der Waals surface area contributed by atoms with Crippen molar-refractivity contribution in [3.05, 3.63) is 83.0 Å². The molecular formula is C29H31F4NO3. The molecule has 198 valence electrons. The van der Waals surface area contributed by atoms with E-state index < -0.39 is 23.2 Å². The van der Waals surface area contributed by atoms with Crippen LogP contribution in [0.4, 0.5) is 17.6 Å². The van der Waals surface area contributed by atoms with Crippen LogP contribution in [0, 0.1) is 17.7 Å². The minimum atomic E-state index is -4.69. The Morgan fingerprint density at radius 2 is 2.00 bits per heavy atom. The maximum atomic E-state index is 14.5. The molecule has 2 saturated carbocycles. The fraction of sp³-hybridized carbons (Fsp3) is 0.414. The number of allylic oxidation sites excluding steroid dienone is 4. The fourth-order valence-corrected chi connectivity index (χ4v) is 4.68. The summed E-state index contributed by atoms with van der Waals surface area (Å²) in [7, 11) is 0. The Labute approximate surface area is 214 Å². The van der Waals surface area contributed by atoms with E-state index in [9.17, 15) is 22.7 Å². The molecule has 2 aliphatic rings. The van der Waals surface area contributed by atoms with Crippen molar-refractivity contribution in [1.29, 1.82) is 0 Å². The molecule has 0 bridgehead atoms. The molecule has 2 unspecified atom stereocenters. The predicted molar refractivity (Wildman–Crippen MR) is 133 cm³/mol. The molecule has 8 heteroatoms. The summed E-state index contributed by atoms with van der Waals surface area (Å²) in [5.74, 6) is 0.890. The van der Waals surface area contributed by atoms with Crippen molar-refractivity contribution >= 4 is 0 Å². The standard InChI is InChI=1S/C29H31F4NO3/c1-5-22-19(12-20-13-23(20)22)10-17(2)37-16-21-11-18(6-7-26(21)30)24-15-34-27(14-25(24)29(31,32)33)36-9-8-28(3,4)35/h5-7,10-11,14-15,20,23,35H,2,8-9,12-13,16H2,1,3-4H3/b19-10-,22-5+. The number of aliphatic hydroxyl groups is 1. The Bertz CT molecular complexity index is 1240. The summed E-state index contributed by atoms with van der Waals surface area (Å²) in [4.78, 5) is 4.00. The summed E-state index contributed by atoms with van der Waals surface area (Å²) in [5, 5.41) is 9.77. The zero-order chi connectivity index (χ0) is 27.0. The zero-order valence-electron chi connectivity index (χ0n) is 21.2. The number of aromatic nitrogens is 1. The van der Waals surface area contributed by atoms with Gasteiger partial charge in [-0.15, -0.1) is 0 Å². The summed E-state index contributed by atoms with van der Waals surface area (Å²) < 4.78 is 67.2. The van der Waals surface area contributed by atoms with Gasteiger partial charge in [0.25, 0.3) is 0 Å². The minimum absolute atomic E-state index is 0.00206. The van der Waals surface area contributed by atoms with E-state index in [4.69, 9.17) is 9.47 Å². The number of rotatable bonds is 9. The lowest BCUT2D eigenvalue weighted by molar-refractivity contribution is -0.137. The first-order valence-corrected chi connectivity index (χ1v) is 12.3. The van der Waals surface area contributed by atoms with Gasteiger partial charge < -0.3 is 14.6 Å². The zero-order valence-corrected chi connectivity index (χ0v) is 21.2. The van der Waals surface area contributed by atoms with Gasteiger partial charge in [0.2, 0.25) is 5.88 Å². The molecule has 2 atom stereocenters. The first-order chi connectivity index (χ1) is 17.4. The number of halogens is 4. The van der Waals surface area contributed by atoms with Gasteiger partial charge in [-0.25, -0.2) is 9.37 Å². The van der Waals surface area contributed by atoms with Gasteiger partial charge >= 0.3 is 6.18 Å². The van der Waals surface area contributed by atoms with Gasteiger partial charge in [0.15, 0.2) is 0 Å². The summed E-state index contributed by atoms with van der Waals surface area (Å²) in [5.41, 5.74) is 0.569. The van der Waals surface area contributed by atoms with Crippen LogP contribution in [0.3, 0.4) is 0 Å². The van der Waals surface area contributed by atoms with Crippen LogP contribution in [0.15, 0.2) is 66.1 Å². The van der Waals surface area contributed by atoms with Crippen LogP contribution in [-0.4, -0.2) is 22.3 Å². The highest BCUT2D eigenvalue weighted by molar-refractivity contribution is 5.68. The third-order valence-electron chi connectivity index (χ3n) is 6.74. The van der Waals surface area contributed by atoms with Crippen LogP contribution in [-0.2, 0) is 17.5 Å². The van der Waals surface area contributed by atoms with Crippen LogP contribution >= 0.6 is 0 Å². The van der Waals surface area contributed by atoms with E-state index in [-0.39, 0.29) is 42.2 Å². The van der Waals surface area contributed by atoms with Gasteiger partial charge in [0.1, 0.15) is 18.2 Å². The topological polar surface area (TPSA) is 51.6 Å². The number of hydrogen-bond acceptors (Lipinski definition) is 4. The second-order valence-electron chi connectivity index (χ2n) is 10.3. The van der Waals surface area contributed by atoms with Gasteiger partial charge in [0, 0.05) is 29.8 Å². The van der Waals surface area contributed by atoms with Gasteiger partial charge in [-0.2, -0.15) is 13.2 Å². The number of benzene rings is 1. The predicted octanol–water partition coefficient (Wildman–Crippen LogP) is 7.39. The number of hydrogen-bond donors (Lipinski definition) is 1. The molecule has 2 aliphatic carbocycles. The smallest absolute Gasteiger partial charge is 0.417 e. The Kier molecular flexibility index (Phi) is 7.51.